The van der Waals surface area contributed by atoms with E-state index in [2.05, 4.69) is 5.32 Å². The van der Waals surface area contributed by atoms with Crippen LogP contribution in [-0.2, 0) is 4.74 Å². The molecule has 0 spiro atoms. The van der Waals surface area contributed by atoms with Gasteiger partial charge in [0.2, 0.25) is 0 Å². The van der Waals surface area contributed by atoms with Gasteiger partial charge in [0.25, 0.3) is 0 Å². The van der Waals surface area contributed by atoms with Crippen molar-refractivity contribution in [3.8, 4) is 0 Å². The lowest BCUT2D eigenvalue weighted by Gasteiger charge is -2.27. The molecule has 0 aliphatic heterocycles. The highest BCUT2D eigenvalue weighted by molar-refractivity contribution is 5.67. The number of aliphatic hydroxyl groups excluding tert-OH is 1. The summed E-state index contributed by atoms with van der Waals surface area (Å²) < 4.78 is 5.18. The van der Waals surface area contributed by atoms with Crippen LogP contribution in [0.5, 0.6) is 0 Å². The van der Waals surface area contributed by atoms with Gasteiger partial charge in [0.05, 0.1) is 0 Å². The van der Waals surface area contributed by atoms with E-state index in [1.165, 1.54) is 32.1 Å². The highest BCUT2D eigenvalue weighted by atomic mass is 16.6. The minimum absolute atomic E-state index is 0.319. The standard InChI is InChI=1S/C16H31NO3/c1-16(2,3)20-15(19)17-11-5-4-6-13-7-9-14(12-18)10-8-13/h13-14,18H,4-12H2,1-3H3,(H,17,19). The third-order valence-corrected chi connectivity index (χ3v) is 3.93. The van der Waals surface area contributed by atoms with E-state index in [0.29, 0.717) is 19.1 Å². The molecular weight excluding hydrogens is 254 g/mol. The number of hydrogen-bond donors (Lipinski definition) is 2. The molecule has 0 aromatic carbocycles. The van der Waals surface area contributed by atoms with Crippen molar-refractivity contribution in [2.75, 3.05) is 13.2 Å². The Morgan fingerprint density at radius 2 is 1.75 bits per heavy atom. The summed E-state index contributed by atoms with van der Waals surface area (Å²) >= 11 is 0. The van der Waals surface area contributed by atoms with Crippen molar-refractivity contribution >= 4 is 6.09 Å². The van der Waals surface area contributed by atoms with Gasteiger partial charge in [0, 0.05) is 13.2 Å². The van der Waals surface area contributed by atoms with Crippen LogP contribution in [0.3, 0.4) is 0 Å². The van der Waals surface area contributed by atoms with Gasteiger partial charge in [-0.2, -0.15) is 0 Å². The Morgan fingerprint density at radius 3 is 2.30 bits per heavy atom. The van der Waals surface area contributed by atoms with Crippen molar-refractivity contribution < 1.29 is 14.6 Å². The second-order valence-corrected chi connectivity index (χ2v) is 6.99. The van der Waals surface area contributed by atoms with Crippen LogP contribution >= 0.6 is 0 Å². The van der Waals surface area contributed by atoms with E-state index < -0.39 is 5.60 Å². The number of aliphatic hydroxyl groups is 1. The zero-order valence-electron chi connectivity index (χ0n) is 13.3. The largest absolute Gasteiger partial charge is 0.444 e. The highest BCUT2D eigenvalue weighted by Gasteiger charge is 2.20. The van der Waals surface area contributed by atoms with E-state index in [9.17, 15) is 4.79 Å². The van der Waals surface area contributed by atoms with E-state index in [1.807, 2.05) is 20.8 Å². The predicted octanol–water partition coefficient (Wildman–Crippen LogP) is 3.48. The first-order chi connectivity index (χ1) is 9.40. The fourth-order valence-electron chi connectivity index (χ4n) is 2.77. The van der Waals surface area contributed by atoms with E-state index in [-0.39, 0.29) is 6.09 Å². The Morgan fingerprint density at radius 1 is 1.15 bits per heavy atom. The number of unbranched alkanes of at least 4 members (excludes halogenated alkanes) is 1. The Balaban J connectivity index is 1.99. The first-order valence-electron chi connectivity index (χ1n) is 7.98. The fraction of sp³-hybridized carbons (Fsp3) is 0.938. The molecule has 1 rings (SSSR count). The predicted molar refractivity (Wildman–Crippen MR) is 80.6 cm³/mol. The second kappa shape index (κ2) is 8.50. The molecule has 0 aromatic rings. The molecule has 0 aromatic heterocycles. The smallest absolute Gasteiger partial charge is 0.407 e. The van der Waals surface area contributed by atoms with Crippen LogP contribution in [0.2, 0.25) is 0 Å². The van der Waals surface area contributed by atoms with Crippen molar-refractivity contribution in [2.24, 2.45) is 11.8 Å². The first-order valence-corrected chi connectivity index (χ1v) is 7.98. The maximum Gasteiger partial charge on any atom is 0.407 e. The van der Waals surface area contributed by atoms with Crippen molar-refractivity contribution in [3.05, 3.63) is 0 Å². The third kappa shape index (κ3) is 7.73. The van der Waals surface area contributed by atoms with Gasteiger partial charge in [-0.25, -0.2) is 4.79 Å². The molecule has 0 heterocycles. The van der Waals surface area contributed by atoms with E-state index in [1.54, 1.807) is 0 Å². The van der Waals surface area contributed by atoms with Gasteiger partial charge >= 0.3 is 6.09 Å². The molecule has 0 bridgehead atoms. The molecule has 1 aliphatic carbocycles. The summed E-state index contributed by atoms with van der Waals surface area (Å²) in [6.45, 7) is 6.66. The topological polar surface area (TPSA) is 58.6 Å². The minimum atomic E-state index is -0.421. The third-order valence-electron chi connectivity index (χ3n) is 3.93. The number of ether oxygens (including phenoxy) is 1. The SMILES string of the molecule is CC(C)(C)OC(=O)NCCCCC1CCC(CO)CC1. The Kier molecular flexibility index (Phi) is 7.35. The lowest BCUT2D eigenvalue weighted by molar-refractivity contribution is 0.0526. The summed E-state index contributed by atoms with van der Waals surface area (Å²) in [6.07, 6.45) is 7.96. The molecule has 1 aliphatic rings. The number of rotatable bonds is 6. The van der Waals surface area contributed by atoms with Crippen LogP contribution in [0.25, 0.3) is 0 Å². The van der Waals surface area contributed by atoms with Crippen molar-refractivity contribution in [3.63, 3.8) is 0 Å². The number of amides is 1. The maximum atomic E-state index is 11.4. The number of carbonyl (C=O) groups is 1. The summed E-state index contributed by atoms with van der Waals surface area (Å²) in [5, 5.41) is 11.9. The van der Waals surface area contributed by atoms with E-state index in [4.69, 9.17) is 9.84 Å². The molecule has 1 fully saturated rings. The van der Waals surface area contributed by atoms with Crippen molar-refractivity contribution in [1.29, 1.82) is 0 Å². The van der Waals surface area contributed by atoms with E-state index >= 15 is 0 Å². The number of hydrogen-bond acceptors (Lipinski definition) is 3. The number of nitrogens with one attached hydrogen (secondary N) is 1. The van der Waals surface area contributed by atoms with Crippen LogP contribution < -0.4 is 5.32 Å². The average Bonchev–Trinajstić information content (AvgIpc) is 2.37. The van der Waals surface area contributed by atoms with Crippen molar-refractivity contribution in [2.45, 2.75) is 71.3 Å². The molecule has 1 amide bonds. The second-order valence-electron chi connectivity index (χ2n) is 6.99. The summed E-state index contributed by atoms with van der Waals surface area (Å²) in [4.78, 5) is 11.4. The van der Waals surface area contributed by atoms with Gasteiger partial charge in [-0.15, -0.1) is 0 Å². The van der Waals surface area contributed by atoms with Crippen LogP contribution in [-0.4, -0.2) is 30.0 Å². The fourth-order valence-corrected chi connectivity index (χ4v) is 2.77. The van der Waals surface area contributed by atoms with Gasteiger partial charge in [0.15, 0.2) is 0 Å². The van der Waals surface area contributed by atoms with Crippen LogP contribution in [0.4, 0.5) is 4.79 Å². The van der Waals surface area contributed by atoms with E-state index in [0.717, 1.165) is 18.8 Å². The first kappa shape index (κ1) is 17.3. The molecule has 20 heavy (non-hydrogen) atoms. The Labute approximate surface area is 123 Å². The van der Waals surface area contributed by atoms with Gasteiger partial charge in [-0.3, -0.25) is 0 Å². The van der Waals surface area contributed by atoms with Crippen LogP contribution in [0.1, 0.15) is 65.7 Å². The zero-order chi connectivity index (χ0) is 15.0. The molecule has 0 saturated heterocycles. The minimum Gasteiger partial charge on any atom is -0.444 e. The monoisotopic (exact) mass is 285 g/mol. The lowest BCUT2D eigenvalue weighted by atomic mass is 9.80. The quantitative estimate of drug-likeness (QED) is 0.735. The summed E-state index contributed by atoms with van der Waals surface area (Å²) in [6, 6.07) is 0. The average molecular weight is 285 g/mol. The van der Waals surface area contributed by atoms with Gasteiger partial charge < -0.3 is 15.2 Å². The lowest BCUT2D eigenvalue weighted by Crippen LogP contribution is -2.33. The normalized spacial score (nSPS) is 23.4. The van der Waals surface area contributed by atoms with Crippen molar-refractivity contribution in [1.82, 2.24) is 5.32 Å². The van der Waals surface area contributed by atoms with Crippen LogP contribution in [0, 0.1) is 11.8 Å². The van der Waals surface area contributed by atoms with Gasteiger partial charge in [0.1, 0.15) is 5.60 Å². The molecule has 4 nitrogen and oxygen atoms in total. The number of alkyl carbamates (subject to hydrolysis) is 1. The van der Waals surface area contributed by atoms with Crippen LogP contribution in [0.15, 0.2) is 0 Å². The Hall–Kier alpha value is -0.770. The summed E-state index contributed by atoms with van der Waals surface area (Å²) in [7, 11) is 0. The summed E-state index contributed by atoms with van der Waals surface area (Å²) in [5.41, 5.74) is -0.421. The summed E-state index contributed by atoms with van der Waals surface area (Å²) in [5.74, 6) is 1.36. The van der Waals surface area contributed by atoms with Gasteiger partial charge in [-0.05, 0) is 51.9 Å². The maximum absolute atomic E-state index is 11.4. The molecule has 0 radical (unpaired) electrons. The Bertz CT molecular complexity index is 278. The molecule has 4 heteroatoms. The molecule has 0 unspecified atom stereocenters. The molecule has 1 saturated carbocycles. The molecule has 118 valence electrons. The molecule has 0 atom stereocenters. The zero-order valence-corrected chi connectivity index (χ0v) is 13.3. The van der Waals surface area contributed by atoms with Gasteiger partial charge in [-0.1, -0.05) is 25.7 Å². The molecular formula is C16H31NO3. The molecule has 2 N–H and O–H groups in total. The highest BCUT2D eigenvalue weighted by Crippen LogP contribution is 2.31. The number of carbonyl (C=O) groups excluding carboxylic acids is 1.